The van der Waals surface area contributed by atoms with Gasteiger partial charge in [-0.15, -0.1) is 0 Å². The number of ether oxygens (including phenoxy) is 3. The number of hydrogen-bond donors (Lipinski definition) is 1. The van der Waals surface area contributed by atoms with Crippen molar-refractivity contribution in [3.8, 4) is 17.2 Å². The Labute approximate surface area is 111 Å². The fraction of sp³-hybridized carbons (Fsp3) is 0.357. The summed E-state index contributed by atoms with van der Waals surface area (Å²) in [5.41, 5.74) is 1.65. The second-order valence-electron chi connectivity index (χ2n) is 4.16. The van der Waals surface area contributed by atoms with Gasteiger partial charge in [-0.05, 0) is 24.5 Å². The highest BCUT2D eigenvalue weighted by atomic mass is 16.5. The van der Waals surface area contributed by atoms with Gasteiger partial charge in [-0.2, -0.15) is 0 Å². The molecule has 0 saturated heterocycles. The van der Waals surface area contributed by atoms with Crippen LogP contribution in [0.4, 0.5) is 0 Å². The van der Waals surface area contributed by atoms with E-state index >= 15 is 0 Å². The third-order valence-electron chi connectivity index (χ3n) is 3.25. The summed E-state index contributed by atoms with van der Waals surface area (Å²) in [4.78, 5) is 12.3. The molecule has 0 bridgehead atoms. The normalized spacial score (nSPS) is 16.2. The molecule has 1 aliphatic carbocycles. The van der Waals surface area contributed by atoms with E-state index in [1.807, 2.05) is 0 Å². The van der Waals surface area contributed by atoms with Gasteiger partial charge in [-0.25, -0.2) is 0 Å². The van der Waals surface area contributed by atoms with Crippen LogP contribution in [-0.2, 0) is 6.42 Å². The fourth-order valence-corrected chi connectivity index (χ4v) is 2.32. The van der Waals surface area contributed by atoms with Crippen molar-refractivity contribution in [3.05, 3.63) is 29.0 Å². The Hall–Kier alpha value is -2.17. The van der Waals surface area contributed by atoms with Gasteiger partial charge >= 0.3 is 0 Å². The van der Waals surface area contributed by atoms with Gasteiger partial charge in [0.2, 0.25) is 5.75 Å². The standard InChI is InChI=1S/C14H16O5/c1-17-10-6-8-4-5-9(7-15)12(16)11(8)14(19-3)13(10)18-2/h6-7,15H,4-5H2,1-3H3/b9-7+. The van der Waals surface area contributed by atoms with Crippen LogP contribution in [-0.4, -0.2) is 32.2 Å². The van der Waals surface area contributed by atoms with E-state index in [0.29, 0.717) is 41.2 Å². The number of benzene rings is 1. The summed E-state index contributed by atoms with van der Waals surface area (Å²) in [6.07, 6.45) is 2.01. The lowest BCUT2D eigenvalue weighted by molar-refractivity contribution is 0.101. The number of hydrogen-bond acceptors (Lipinski definition) is 5. The number of ketones is 1. The van der Waals surface area contributed by atoms with Gasteiger partial charge in [0.05, 0.1) is 33.2 Å². The fourth-order valence-electron chi connectivity index (χ4n) is 2.32. The van der Waals surface area contributed by atoms with Crippen LogP contribution in [0.1, 0.15) is 22.3 Å². The van der Waals surface area contributed by atoms with Crippen molar-refractivity contribution < 1.29 is 24.1 Å². The number of carbonyl (C=O) groups excluding carboxylic acids is 1. The first kappa shape index (κ1) is 13.3. The topological polar surface area (TPSA) is 65.0 Å². The van der Waals surface area contributed by atoms with Gasteiger partial charge in [0.1, 0.15) is 0 Å². The van der Waals surface area contributed by atoms with E-state index in [0.717, 1.165) is 11.8 Å². The molecule has 0 amide bonds. The summed E-state index contributed by atoms with van der Waals surface area (Å²) in [5, 5.41) is 9.10. The molecule has 1 aliphatic rings. The zero-order chi connectivity index (χ0) is 14.0. The molecule has 2 rings (SSSR count). The van der Waals surface area contributed by atoms with Crippen molar-refractivity contribution in [1.29, 1.82) is 0 Å². The number of rotatable bonds is 3. The van der Waals surface area contributed by atoms with Crippen LogP contribution in [0.3, 0.4) is 0 Å². The minimum Gasteiger partial charge on any atom is -0.515 e. The van der Waals surface area contributed by atoms with Crippen molar-refractivity contribution in [2.45, 2.75) is 12.8 Å². The summed E-state index contributed by atoms with van der Waals surface area (Å²) in [6.45, 7) is 0. The average molecular weight is 264 g/mol. The zero-order valence-electron chi connectivity index (χ0n) is 11.1. The van der Waals surface area contributed by atoms with E-state index in [1.54, 1.807) is 6.07 Å². The lowest BCUT2D eigenvalue weighted by atomic mass is 9.86. The van der Waals surface area contributed by atoms with E-state index in [1.165, 1.54) is 21.3 Å². The first-order valence-electron chi connectivity index (χ1n) is 5.87. The molecular weight excluding hydrogens is 248 g/mol. The molecule has 0 spiro atoms. The molecule has 1 aromatic carbocycles. The molecule has 1 N–H and O–H groups in total. The third-order valence-corrected chi connectivity index (χ3v) is 3.25. The number of aliphatic hydroxyl groups is 1. The quantitative estimate of drug-likeness (QED) is 0.670. The van der Waals surface area contributed by atoms with Crippen LogP contribution < -0.4 is 14.2 Å². The van der Waals surface area contributed by atoms with Gasteiger partial charge in [0.15, 0.2) is 17.3 Å². The molecule has 0 aliphatic heterocycles. The van der Waals surface area contributed by atoms with Gasteiger partial charge in [-0.3, -0.25) is 4.79 Å². The van der Waals surface area contributed by atoms with Crippen LogP contribution in [0.2, 0.25) is 0 Å². The minimum absolute atomic E-state index is 0.235. The Morgan fingerprint density at radius 2 is 1.79 bits per heavy atom. The number of methoxy groups -OCH3 is 3. The first-order valence-corrected chi connectivity index (χ1v) is 5.87. The maximum absolute atomic E-state index is 12.3. The van der Waals surface area contributed by atoms with Crippen LogP contribution in [0.5, 0.6) is 17.2 Å². The molecule has 0 heterocycles. The van der Waals surface area contributed by atoms with Crippen LogP contribution in [0, 0.1) is 0 Å². The van der Waals surface area contributed by atoms with Crippen molar-refractivity contribution in [1.82, 2.24) is 0 Å². The van der Waals surface area contributed by atoms with Gasteiger partial charge < -0.3 is 19.3 Å². The number of aryl methyl sites for hydroxylation is 1. The maximum atomic E-state index is 12.3. The SMILES string of the molecule is COc1cc2c(c(OC)c1OC)C(=O)/C(=C/O)CC2. The minimum atomic E-state index is -0.235. The molecule has 0 radical (unpaired) electrons. The van der Waals surface area contributed by atoms with E-state index in [9.17, 15) is 4.79 Å². The molecule has 0 fully saturated rings. The Kier molecular flexibility index (Phi) is 3.64. The lowest BCUT2D eigenvalue weighted by Crippen LogP contribution is -2.16. The number of carbonyl (C=O) groups is 1. The summed E-state index contributed by atoms with van der Waals surface area (Å²) in [7, 11) is 4.50. The zero-order valence-corrected chi connectivity index (χ0v) is 11.1. The smallest absolute Gasteiger partial charge is 0.204 e. The van der Waals surface area contributed by atoms with E-state index < -0.39 is 0 Å². The Bertz CT molecular complexity index is 545. The van der Waals surface area contributed by atoms with Gasteiger partial charge in [-0.1, -0.05) is 0 Å². The van der Waals surface area contributed by atoms with Crippen molar-refractivity contribution in [3.63, 3.8) is 0 Å². The van der Waals surface area contributed by atoms with E-state index in [2.05, 4.69) is 0 Å². The highest BCUT2D eigenvalue weighted by molar-refractivity contribution is 6.13. The Balaban J connectivity index is 2.71. The van der Waals surface area contributed by atoms with Gasteiger partial charge in [0.25, 0.3) is 0 Å². The summed E-state index contributed by atoms with van der Waals surface area (Å²) >= 11 is 0. The molecule has 0 atom stereocenters. The summed E-state index contributed by atoms with van der Waals surface area (Å²) in [5.74, 6) is 1.03. The molecule has 102 valence electrons. The lowest BCUT2D eigenvalue weighted by Gasteiger charge is -2.22. The highest BCUT2D eigenvalue weighted by Crippen LogP contribution is 2.44. The first-order chi connectivity index (χ1) is 9.17. The number of aliphatic hydroxyl groups excluding tert-OH is 1. The van der Waals surface area contributed by atoms with Crippen LogP contribution >= 0.6 is 0 Å². The van der Waals surface area contributed by atoms with E-state index in [4.69, 9.17) is 19.3 Å². The summed E-state index contributed by atoms with van der Waals surface area (Å²) in [6, 6.07) is 1.78. The van der Waals surface area contributed by atoms with Gasteiger partial charge in [0, 0.05) is 5.57 Å². The number of Topliss-reactive ketones (excluding diaryl/α,β-unsaturated/α-hetero) is 1. The van der Waals surface area contributed by atoms with Crippen molar-refractivity contribution >= 4 is 5.78 Å². The highest BCUT2D eigenvalue weighted by Gasteiger charge is 2.30. The van der Waals surface area contributed by atoms with Crippen LogP contribution in [0.25, 0.3) is 0 Å². The molecule has 0 aromatic heterocycles. The average Bonchev–Trinajstić information content (AvgIpc) is 2.45. The Morgan fingerprint density at radius 3 is 2.32 bits per heavy atom. The largest absolute Gasteiger partial charge is 0.515 e. The number of fused-ring (bicyclic) bond motifs is 1. The molecule has 0 saturated carbocycles. The molecule has 5 nitrogen and oxygen atoms in total. The van der Waals surface area contributed by atoms with Crippen molar-refractivity contribution in [2.24, 2.45) is 0 Å². The Morgan fingerprint density at radius 1 is 1.11 bits per heavy atom. The summed E-state index contributed by atoms with van der Waals surface area (Å²) < 4.78 is 15.8. The van der Waals surface area contributed by atoms with Crippen molar-refractivity contribution in [2.75, 3.05) is 21.3 Å². The molecule has 1 aromatic rings. The predicted molar refractivity (Wildman–Crippen MR) is 69.5 cm³/mol. The van der Waals surface area contributed by atoms with E-state index in [-0.39, 0.29) is 5.78 Å². The predicted octanol–water partition coefficient (Wildman–Crippen LogP) is 2.28. The second kappa shape index (κ2) is 5.22. The van der Waals surface area contributed by atoms with Crippen LogP contribution in [0.15, 0.2) is 17.9 Å². The maximum Gasteiger partial charge on any atom is 0.204 e. The molecule has 19 heavy (non-hydrogen) atoms. The molecule has 0 unspecified atom stereocenters. The monoisotopic (exact) mass is 264 g/mol. The third kappa shape index (κ3) is 2.01. The molecular formula is C14H16O5. The second-order valence-corrected chi connectivity index (χ2v) is 4.16. The number of allylic oxidation sites excluding steroid dienone is 1. The molecule has 5 heteroatoms.